The van der Waals surface area contributed by atoms with Crippen LogP contribution in [0.2, 0.25) is 0 Å². The smallest absolute Gasteiger partial charge is 0.318 e. The number of urea groups is 1. The van der Waals surface area contributed by atoms with E-state index in [0.717, 1.165) is 36.9 Å². The number of hydrogen-bond donors (Lipinski definition) is 2. The Hall–Kier alpha value is -2.24. The molecule has 2 aromatic heterocycles. The summed E-state index contributed by atoms with van der Waals surface area (Å²) in [6.07, 6.45) is 10.9. The molecular weight excluding hydrogens is 266 g/mol. The van der Waals surface area contributed by atoms with Crippen molar-refractivity contribution in [3.63, 3.8) is 0 Å². The van der Waals surface area contributed by atoms with Crippen molar-refractivity contribution in [1.82, 2.24) is 25.0 Å². The number of aromatic nitrogens is 3. The molecule has 0 saturated carbocycles. The van der Waals surface area contributed by atoms with Gasteiger partial charge in [0.05, 0.1) is 12.2 Å². The van der Waals surface area contributed by atoms with Crippen LogP contribution in [0.5, 0.6) is 0 Å². The van der Waals surface area contributed by atoms with Crippen molar-refractivity contribution in [1.29, 1.82) is 0 Å². The summed E-state index contributed by atoms with van der Waals surface area (Å²) in [6, 6.07) is 2.15. The summed E-state index contributed by atoms with van der Waals surface area (Å²) in [4.78, 5) is 14.4. The number of H-pyrrole nitrogens is 1. The first-order valence-corrected chi connectivity index (χ1v) is 7.38. The Morgan fingerprint density at radius 3 is 3.14 bits per heavy atom. The van der Waals surface area contributed by atoms with Gasteiger partial charge in [-0.3, -0.25) is 5.10 Å². The Morgan fingerprint density at radius 2 is 2.43 bits per heavy atom. The summed E-state index contributed by atoms with van der Waals surface area (Å²) < 4.78 is 1.98. The minimum atomic E-state index is 0.00440. The molecule has 2 N–H and O–H groups in total. The van der Waals surface area contributed by atoms with Crippen molar-refractivity contribution < 1.29 is 4.79 Å². The van der Waals surface area contributed by atoms with Crippen LogP contribution in [0.1, 0.15) is 36.4 Å². The van der Waals surface area contributed by atoms with Gasteiger partial charge in [-0.1, -0.05) is 0 Å². The molecule has 3 rings (SSSR count). The van der Waals surface area contributed by atoms with Crippen molar-refractivity contribution in [3.8, 4) is 0 Å². The zero-order valence-corrected chi connectivity index (χ0v) is 12.2. The molecule has 0 radical (unpaired) electrons. The van der Waals surface area contributed by atoms with E-state index in [0.29, 0.717) is 6.54 Å². The lowest BCUT2D eigenvalue weighted by atomic mass is 9.98. The molecule has 0 spiro atoms. The molecule has 1 atom stereocenters. The van der Waals surface area contributed by atoms with E-state index in [1.165, 1.54) is 0 Å². The largest absolute Gasteiger partial charge is 0.357 e. The number of likely N-dealkylation sites (tertiary alicyclic amines) is 1. The Bertz CT molecular complexity index is 589. The fourth-order valence-corrected chi connectivity index (χ4v) is 2.91. The van der Waals surface area contributed by atoms with E-state index in [-0.39, 0.29) is 12.1 Å². The molecule has 21 heavy (non-hydrogen) atoms. The molecule has 112 valence electrons. The second kappa shape index (κ2) is 6.03. The number of rotatable bonds is 3. The Morgan fingerprint density at radius 1 is 1.52 bits per heavy atom. The molecule has 1 fully saturated rings. The number of amides is 2. The van der Waals surface area contributed by atoms with Crippen LogP contribution in [0.25, 0.3) is 0 Å². The second-order valence-electron chi connectivity index (χ2n) is 5.58. The van der Waals surface area contributed by atoms with Crippen LogP contribution in [0.15, 0.2) is 30.9 Å². The number of carbonyl (C=O) groups excluding carboxylic acids is 1. The van der Waals surface area contributed by atoms with Crippen LogP contribution in [0.4, 0.5) is 4.79 Å². The summed E-state index contributed by atoms with van der Waals surface area (Å²) in [5.74, 6) is 0. The Labute approximate surface area is 124 Å². The van der Waals surface area contributed by atoms with Gasteiger partial charge < -0.3 is 14.8 Å². The molecule has 0 aliphatic carbocycles. The van der Waals surface area contributed by atoms with Crippen LogP contribution in [0, 0.1) is 0 Å². The van der Waals surface area contributed by atoms with Crippen molar-refractivity contribution >= 4 is 6.03 Å². The van der Waals surface area contributed by atoms with Crippen molar-refractivity contribution in [2.75, 3.05) is 6.54 Å². The standard InChI is InChI=1S/C15H21N5O/c1-19-7-5-12(11-19)8-16-15(21)20-6-3-2-4-14(20)13-9-17-18-10-13/h5,7,9-11,14H,2-4,6,8H2,1H3,(H,16,21)(H,17,18)/t14-/m1/s1. The molecule has 2 aromatic rings. The number of hydrogen-bond acceptors (Lipinski definition) is 2. The summed E-state index contributed by atoms with van der Waals surface area (Å²) >= 11 is 0. The fourth-order valence-electron chi connectivity index (χ4n) is 2.91. The van der Waals surface area contributed by atoms with E-state index < -0.39 is 0 Å². The average molecular weight is 287 g/mol. The van der Waals surface area contributed by atoms with Crippen molar-refractivity contribution in [3.05, 3.63) is 42.0 Å². The molecule has 6 heteroatoms. The molecule has 6 nitrogen and oxygen atoms in total. The lowest BCUT2D eigenvalue weighted by molar-refractivity contribution is 0.151. The zero-order chi connectivity index (χ0) is 14.7. The highest BCUT2D eigenvalue weighted by Crippen LogP contribution is 2.30. The first kappa shape index (κ1) is 13.7. The predicted molar refractivity (Wildman–Crippen MR) is 79.5 cm³/mol. The third-order valence-electron chi connectivity index (χ3n) is 4.00. The van der Waals surface area contributed by atoms with Gasteiger partial charge in [0.1, 0.15) is 0 Å². The minimum Gasteiger partial charge on any atom is -0.357 e. The van der Waals surface area contributed by atoms with Crippen LogP contribution in [-0.2, 0) is 13.6 Å². The summed E-state index contributed by atoms with van der Waals surface area (Å²) in [6.45, 7) is 1.37. The molecule has 0 bridgehead atoms. The Kier molecular flexibility index (Phi) is 3.94. The minimum absolute atomic E-state index is 0.00440. The van der Waals surface area contributed by atoms with Gasteiger partial charge in [0.15, 0.2) is 0 Å². The number of carbonyl (C=O) groups is 1. The van der Waals surface area contributed by atoms with Gasteiger partial charge in [-0.05, 0) is 30.9 Å². The maximum Gasteiger partial charge on any atom is 0.318 e. The van der Waals surface area contributed by atoms with Gasteiger partial charge in [-0.2, -0.15) is 5.10 Å². The molecule has 3 heterocycles. The van der Waals surface area contributed by atoms with Crippen LogP contribution in [-0.4, -0.2) is 32.2 Å². The molecule has 1 aliphatic rings. The average Bonchev–Trinajstić information content (AvgIpc) is 3.16. The van der Waals surface area contributed by atoms with Crippen LogP contribution >= 0.6 is 0 Å². The lowest BCUT2D eigenvalue weighted by Gasteiger charge is -2.35. The van der Waals surface area contributed by atoms with Crippen molar-refractivity contribution in [2.45, 2.75) is 31.8 Å². The molecule has 2 amide bonds. The van der Waals surface area contributed by atoms with Gasteiger partial charge in [0.25, 0.3) is 0 Å². The monoisotopic (exact) mass is 287 g/mol. The van der Waals surface area contributed by atoms with E-state index in [9.17, 15) is 4.79 Å². The predicted octanol–water partition coefficient (Wildman–Crippen LogP) is 2.18. The van der Waals surface area contributed by atoms with Gasteiger partial charge in [0, 0.05) is 44.3 Å². The zero-order valence-electron chi connectivity index (χ0n) is 12.2. The number of piperidine rings is 1. The summed E-state index contributed by atoms with van der Waals surface area (Å²) in [5, 5.41) is 9.85. The summed E-state index contributed by atoms with van der Waals surface area (Å²) in [7, 11) is 1.98. The lowest BCUT2D eigenvalue weighted by Crippen LogP contribution is -2.44. The van der Waals surface area contributed by atoms with Crippen LogP contribution in [0.3, 0.4) is 0 Å². The fraction of sp³-hybridized carbons (Fsp3) is 0.467. The second-order valence-corrected chi connectivity index (χ2v) is 5.58. The highest BCUT2D eigenvalue weighted by Gasteiger charge is 2.28. The van der Waals surface area contributed by atoms with Crippen molar-refractivity contribution in [2.24, 2.45) is 7.05 Å². The SMILES string of the molecule is Cn1ccc(CNC(=O)N2CCCC[C@@H]2c2cn[nH]c2)c1. The quantitative estimate of drug-likeness (QED) is 0.908. The van der Waals surface area contributed by atoms with E-state index in [1.54, 1.807) is 0 Å². The van der Waals surface area contributed by atoms with E-state index in [1.807, 2.05) is 47.4 Å². The van der Waals surface area contributed by atoms with Gasteiger partial charge in [-0.25, -0.2) is 4.79 Å². The van der Waals surface area contributed by atoms with Crippen LogP contribution < -0.4 is 5.32 Å². The third kappa shape index (κ3) is 3.09. The Balaban J connectivity index is 1.64. The highest BCUT2D eigenvalue weighted by molar-refractivity contribution is 5.74. The maximum atomic E-state index is 12.5. The van der Waals surface area contributed by atoms with E-state index in [4.69, 9.17) is 0 Å². The van der Waals surface area contributed by atoms with E-state index >= 15 is 0 Å². The van der Waals surface area contributed by atoms with E-state index in [2.05, 4.69) is 15.5 Å². The molecule has 1 aliphatic heterocycles. The molecular formula is C15H21N5O. The normalized spacial score (nSPS) is 18.7. The molecule has 0 aromatic carbocycles. The number of aryl methyl sites for hydroxylation is 1. The number of nitrogens with one attached hydrogen (secondary N) is 2. The first-order chi connectivity index (χ1) is 10.2. The van der Waals surface area contributed by atoms with Gasteiger partial charge in [0.2, 0.25) is 0 Å². The first-order valence-electron chi connectivity index (χ1n) is 7.38. The van der Waals surface area contributed by atoms with Gasteiger partial charge in [-0.15, -0.1) is 0 Å². The maximum absolute atomic E-state index is 12.5. The number of nitrogens with zero attached hydrogens (tertiary/aromatic N) is 3. The number of aromatic amines is 1. The molecule has 0 unspecified atom stereocenters. The summed E-state index contributed by atoms with van der Waals surface area (Å²) in [5.41, 5.74) is 2.20. The third-order valence-corrected chi connectivity index (χ3v) is 4.00. The highest BCUT2D eigenvalue weighted by atomic mass is 16.2. The molecule has 1 saturated heterocycles. The topological polar surface area (TPSA) is 66.0 Å². The van der Waals surface area contributed by atoms with Gasteiger partial charge >= 0.3 is 6.03 Å².